The van der Waals surface area contributed by atoms with Crippen molar-refractivity contribution < 1.29 is 4.79 Å². The molecule has 0 aromatic rings. The van der Waals surface area contributed by atoms with Gasteiger partial charge in [0.15, 0.2) is 0 Å². The molecule has 104 valence electrons. The predicted octanol–water partition coefficient (Wildman–Crippen LogP) is 2.41. The van der Waals surface area contributed by atoms with E-state index in [0.29, 0.717) is 11.9 Å². The van der Waals surface area contributed by atoms with E-state index in [1.807, 2.05) is 0 Å². The van der Waals surface area contributed by atoms with Gasteiger partial charge in [-0.15, -0.1) is 0 Å². The van der Waals surface area contributed by atoms with Crippen molar-refractivity contribution in [2.45, 2.75) is 65.0 Å². The second-order valence-electron chi connectivity index (χ2n) is 6.58. The van der Waals surface area contributed by atoms with Crippen molar-refractivity contribution in [3.05, 3.63) is 0 Å². The van der Waals surface area contributed by atoms with Gasteiger partial charge in [0.1, 0.15) is 0 Å². The molecule has 0 bridgehead atoms. The number of carbonyl (C=O) groups is 1. The van der Waals surface area contributed by atoms with Crippen LogP contribution in [0.5, 0.6) is 0 Å². The second-order valence-corrected chi connectivity index (χ2v) is 6.58. The normalized spacial score (nSPS) is 33.4. The fourth-order valence-electron chi connectivity index (χ4n) is 3.51. The average molecular weight is 252 g/mol. The quantitative estimate of drug-likeness (QED) is 0.833. The van der Waals surface area contributed by atoms with E-state index in [4.69, 9.17) is 0 Å². The lowest BCUT2D eigenvalue weighted by atomic mass is 9.82. The fourth-order valence-corrected chi connectivity index (χ4v) is 3.51. The highest BCUT2D eigenvalue weighted by atomic mass is 16.2. The molecule has 1 saturated heterocycles. The molecule has 0 radical (unpaired) electrons. The summed E-state index contributed by atoms with van der Waals surface area (Å²) >= 11 is 0. The number of hydrogen-bond donors (Lipinski definition) is 1. The summed E-state index contributed by atoms with van der Waals surface area (Å²) in [7, 11) is 0. The minimum absolute atomic E-state index is 0.0750. The molecule has 2 fully saturated rings. The van der Waals surface area contributed by atoms with Gasteiger partial charge in [0.2, 0.25) is 5.91 Å². The Hall–Kier alpha value is -0.570. The summed E-state index contributed by atoms with van der Waals surface area (Å²) in [6.45, 7) is 8.52. The Morgan fingerprint density at radius 2 is 2.11 bits per heavy atom. The second kappa shape index (κ2) is 6.05. The van der Waals surface area contributed by atoms with Crippen molar-refractivity contribution >= 4 is 5.91 Å². The highest BCUT2D eigenvalue weighted by molar-refractivity contribution is 5.84. The van der Waals surface area contributed by atoms with Crippen LogP contribution in [0.15, 0.2) is 0 Å². The van der Waals surface area contributed by atoms with E-state index < -0.39 is 0 Å². The lowest BCUT2D eigenvalue weighted by molar-refractivity contribution is -0.130. The third-order valence-electron chi connectivity index (χ3n) is 4.36. The Morgan fingerprint density at radius 1 is 1.33 bits per heavy atom. The Kier molecular flexibility index (Phi) is 4.66. The summed E-state index contributed by atoms with van der Waals surface area (Å²) in [4.78, 5) is 14.4. The van der Waals surface area contributed by atoms with Gasteiger partial charge in [-0.3, -0.25) is 4.79 Å². The first-order valence-electron chi connectivity index (χ1n) is 7.61. The van der Waals surface area contributed by atoms with Crippen LogP contribution in [0.2, 0.25) is 0 Å². The van der Waals surface area contributed by atoms with Gasteiger partial charge in [-0.25, -0.2) is 0 Å². The first kappa shape index (κ1) is 13.9. The van der Waals surface area contributed by atoms with Gasteiger partial charge in [-0.2, -0.15) is 0 Å². The summed E-state index contributed by atoms with van der Waals surface area (Å²) in [6.07, 6.45) is 6.34. The molecular formula is C15H28N2O. The van der Waals surface area contributed by atoms with Crippen LogP contribution in [0, 0.1) is 11.8 Å². The molecule has 0 spiro atoms. The first-order valence-corrected chi connectivity index (χ1v) is 7.61. The summed E-state index contributed by atoms with van der Waals surface area (Å²) in [5, 5.41) is 3.38. The van der Waals surface area contributed by atoms with Crippen LogP contribution in [0.3, 0.4) is 0 Å². The van der Waals surface area contributed by atoms with E-state index in [9.17, 15) is 4.79 Å². The van der Waals surface area contributed by atoms with Gasteiger partial charge in [0.25, 0.3) is 0 Å². The van der Waals surface area contributed by atoms with Crippen molar-refractivity contribution in [3.8, 4) is 0 Å². The van der Waals surface area contributed by atoms with Crippen molar-refractivity contribution in [1.29, 1.82) is 0 Å². The molecule has 18 heavy (non-hydrogen) atoms. The highest BCUT2D eigenvalue weighted by Gasteiger charge is 2.33. The predicted molar refractivity (Wildman–Crippen MR) is 74.4 cm³/mol. The zero-order chi connectivity index (χ0) is 13.1. The number of carbonyl (C=O) groups excluding carboxylic acids is 1. The van der Waals surface area contributed by atoms with E-state index in [2.05, 4.69) is 31.0 Å². The average Bonchev–Trinajstić information content (AvgIpc) is 2.61. The van der Waals surface area contributed by atoms with Crippen molar-refractivity contribution in [3.63, 3.8) is 0 Å². The molecule has 3 atom stereocenters. The molecule has 1 heterocycles. The molecule has 1 N–H and O–H groups in total. The molecule has 1 saturated carbocycles. The zero-order valence-corrected chi connectivity index (χ0v) is 12.1. The van der Waals surface area contributed by atoms with E-state index in [1.165, 1.54) is 25.7 Å². The first-order chi connectivity index (χ1) is 8.56. The minimum atomic E-state index is 0.0750. The number of amides is 1. The molecule has 1 aliphatic carbocycles. The maximum atomic E-state index is 12.3. The molecule has 1 aliphatic heterocycles. The molecule has 1 amide bonds. The summed E-state index contributed by atoms with van der Waals surface area (Å²) < 4.78 is 0. The fraction of sp³-hybridized carbons (Fsp3) is 0.933. The Bertz CT molecular complexity index is 290. The van der Waals surface area contributed by atoms with E-state index >= 15 is 0 Å². The van der Waals surface area contributed by atoms with Gasteiger partial charge in [-0.05, 0) is 31.1 Å². The number of nitrogens with zero attached hydrogens (tertiary/aromatic N) is 1. The Morgan fingerprint density at radius 3 is 2.78 bits per heavy atom. The monoisotopic (exact) mass is 252 g/mol. The maximum absolute atomic E-state index is 12.3. The molecule has 2 aliphatic rings. The van der Waals surface area contributed by atoms with Gasteiger partial charge in [-0.1, -0.05) is 33.6 Å². The standard InChI is InChI=1S/C15H28N2O/c1-11(2)16-14-7-8-17(15(14)18)10-13-6-4-5-12(3)9-13/h11-14,16H,4-10H2,1-3H3. The Balaban J connectivity index is 1.82. The van der Waals surface area contributed by atoms with E-state index in [-0.39, 0.29) is 6.04 Å². The lowest BCUT2D eigenvalue weighted by Crippen LogP contribution is -2.42. The number of likely N-dealkylation sites (tertiary alicyclic amines) is 1. The molecule has 0 aromatic carbocycles. The number of rotatable bonds is 4. The van der Waals surface area contributed by atoms with Crippen LogP contribution >= 0.6 is 0 Å². The van der Waals surface area contributed by atoms with Gasteiger partial charge < -0.3 is 10.2 Å². The SMILES string of the molecule is CC1CCCC(CN2CCC(NC(C)C)C2=O)C1. The number of nitrogens with one attached hydrogen (secondary N) is 1. The molecular weight excluding hydrogens is 224 g/mol. The van der Waals surface area contributed by atoms with Crippen LogP contribution in [0.4, 0.5) is 0 Å². The van der Waals surface area contributed by atoms with Gasteiger partial charge in [0, 0.05) is 19.1 Å². The van der Waals surface area contributed by atoms with Gasteiger partial charge >= 0.3 is 0 Å². The largest absolute Gasteiger partial charge is 0.341 e. The summed E-state index contributed by atoms with van der Waals surface area (Å²) in [5.74, 6) is 1.93. The Labute approximate surface area is 111 Å². The van der Waals surface area contributed by atoms with Crippen molar-refractivity contribution in [2.75, 3.05) is 13.1 Å². The van der Waals surface area contributed by atoms with Crippen LogP contribution in [0.1, 0.15) is 52.9 Å². The van der Waals surface area contributed by atoms with Crippen molar-refractivity contribution in [1.82, 2.24) is 10.2 Å². The summed E-state index contributed by atoms with van der Waals surface area (Å²) in [6, 6.07) is 0.472. The van der Waals surface area contributed by atoms with Crippen LogP contribution in [-0.4, -0.2) is 36.0 Å². The number of hydrogen-bond acceptors (Lipinski definition) is 2. The molecule has 2 rings (SSSR count). The molecule has 3 nitrogen and oxygen atoms in total. The smallest absolute Gasteiger partial charge is 0.239 e. The molecule has 0 aromatic heterocycles. The highest BCUT2D eigenvalue weighted by Crippen LogP contribution is 2.30. The summed E-state index contributed by atoms with van der Waals surface area (Å²) in [5.41, 5.74) is 0. The van der Waals surface area contributed by atoms with E-state index in [0.717, 1.165) is 31.3 Å². The van der Waals surface area contributed by atoms with Crippen molar-refractivity contribution in [2.24, 2.45) is 11.8 Å². The van der Waals surface area contributed by atoms with Crippen LogP contribution < -0.4 is 5.32 Å². The maximum Gasteiger partial charge on any atom is 0.239 e. The minimum Gasteiger partial charge on any atom is -0.341 e. The molecule has 3 unspecified atom stereocenters. The third kappa shape index (κ3) is 3.47. The van der Waals surface area contributed by atoms with Crippen LogP contribution in [-0.2, 0) is 4.79 Å². The molecule has 3 heteroatoms. The van der Waals surface area contributed by atoms with Gasteiger partial charge in [0.05, 0.1) is 6.04 Å². The third-order valence-corrected chi connectivity index (χ3v) is 4.36. The van der Waals surface area contributed by atoms with E-state index in [1.54, 1.807) is 0 Å². The lowest BCUT2D eigenvalue weighted by Gasteiger charge is -2.30. The zero-order valence-electron chi connectivity index (χ0n) is 12.1. The topological polar surface area (TPSA) is 32.3 Å². The van der Waals surface area contributed by atoms with Crippen LogP contribution in [0.25, 0.3) is 0 Å².